The van der Waals surface area contributed by atoms with Gasteiger partial charge in [-0.25, -0.2) is 9.47 Å². The molecule has 0 fully saturated rings. The van der Waals surface area contributed by atoms with Gasteiger partial charge in [0.25, 0.3) is 0 Å². The summed E-state index contributed by atoms with van der Waals surface area (Å²) in [5.41, 5.74) is 1.33. The Morgan fingerprint density at radius 3 is 2.83 bits per heavy atom. The number of rotatable bonds is 8. The van der Waals surface area contributed by atoms with E-state index in [-0.39, 0.29) is 12.4 Å². The first-order chi connectivity index (χ1) is 14.2. The molecule has 10 heteroatoms. The van der Waals surface area contributed by atoms with Crippen LogP contribution in [0.3, 0.4) is 0 Å². The molecule has 2 aromatic carbocycles. The zero-order chi connectivity index (χ0) is 20.2. The molecule has 0 aliphatic carbocycles. The second kappa shape index (κ2) is 8.31. The van der Waals surface area contributed by atoms with Gasteiger partial charge in [0, 0.05) is 18.4 Å². The van der Waals surface area contributed by atoms with E-state index in [1.54, 1.807) is 23.8 Å². The smallest absolute Gasteiger partial charge is 0.419 e. The predicted molar refractivity (Wildman–Crippen MR) is 109 cm³/mol. The second-order valence-electron chi connectivity index (χ2n) is 6.07. The Morgan fingerprint density at radius 2 is 1.97 bits per heavy atom. The van der Waals surface area contributed by atoms with Gasteiger partial charge < -0.3 is 19.7 Å². The van der Waals surface area contributed by atoms with Gasteiger partial charge in [0.05, 0.1) is 12.6 Å². The number of hydrogen-bond acceptors (Lipinski definition) is 8. The van der Waals surface area contributed by atoms with Crippen molar-refractivity contribution in [2.75, 3.05) is 18.7 Å². The number of nitrogen functional groups attached to an aromatic ring is 1. The molecule has 0 amide bonds. The Labute approximate surface area is 170 Å². The summed E-state index contributed by atoms with van der Waals surface area (Å²) >= 11 is 1.40. The van der Waals surface area contributed by atoms with Crippen molar-refractivity contribution < 1.29 is 13.9 Å². The lowest BCUT2D eigenvalue weighted by atomic mass is 10.3. The van der Waals surface area contributed by atoms with E-state index in [1.807, 2.05) is 36.4 Å². The number of hydrogen-bond donors (Lipinski definition) is 1. The van der Waals surface area contributed by atoms with Crippen LogP contribution in [0.5, 0.6) is 11.5 Å². The van der Waals surface area contributed by atoms with E-state index in [9.17, 15) is 4.79 Å². The molecule has 0 bridgehead atoms. The molecule has 0 saturated heterocycles. The number of aryl methyl sites for hydroxylation is 1. The fourth-order valence-electron chi connectivity index (χ4n) is 2.80. The Hall–Kier alpha value is -3.40. The van der Waals surface area contributed by atoms with Gasteiger partial charge in [0.2, 0.25) is 5.16 Å². The van der Waals surface area contributed by atoms with Crippen molar-refractivity contribution >= 4 is 22.9 Å². The highest BCUT2D eigenvalue weighted by Crippen LogP contribution is 2.21. The molecule has 150 valence electrons. The van der Waals surface area contributed by atoms with Gasteiger partial charge in [0.15, 0.2) is 11.4 Å². The Balaban J connectivity index is 1.37. The van der Waals surface area contributed by atoms with Crippen LogP contribution in [0.1, 0.15) is 5.82 Å². The van der Waals surface area contributed by atoms with Crippen LogP contribution < -0.4 is 21.1 Å². The molecule has 0 atom stereocenters. The second-order valence-corrected chi connectivity index (χ2v) is 7.13. The fourth-order valence-corrected chi connectivity index (χ4v) is 3.60. The highest BCUT2D eigenvalue weighted by molar-refractivity contribution is 7.99. The third-order valence-corrected chi connectivity index (χ3v) is 5.19. The molecule has 0 saturated carbocycles. The van der Waals surface area contributed by atoms with Crippen LogP contribution in [0.4, 0.5) is 0 Å². The molecule has 2 aromatic heterocycles. The molecular weight excluding hydrogens is 394 g/mol. The summed E-state index contributed by atoms with van der Waals surface area (Å²) in [5, 5.41) is 8.72. The number of ether oxygens (including phenoxy) is 2. The van der Waals surface area contributed by atoms with Crippen molar-refractivity contribution in [3.05, 3.63) is 64.9 Å². The number of nitrogens with zero attached hydrogens (tertiary/aromatic N) is 4. The van der Waals surface area contributed by atoms with Gasteiger partial charge in [-0.1, -0.05) is 30.0 Å². The van der Waals surface area contributed by atoms with Crippen molar-refractivity contribution in [1.29, 1.82) is 0 Å². The van der Waals surface area contributed by atoms with E-state index in [0.717, 1.165) is 5.52 Å². The average molecular weight is 413 g/mol. The molecule has 29 heavy (non-hydrogen) atoms. The summed E-state index contributed by atoms with van der Waals surface area (Å²) in [4.78, 5) is 12.0. The normalized spacial score (nSPS) is 11.1. The monoisotopic (exact) mass is 413 g/mol. The van der Waals surface area contributed by atoms with E-state index < -0.39 is 0 Å². The maximum Gasteiger partial charge on any atom is 0.419 e. The summed E-state index contributed by atoms with van der Waals surface area (Å²) in [6.45, 7) is 0.631. The number of nitrogens with two attached hydrogens (primary N) is 1. The standard InChI is InChI=1S/C19H19N5O4S/c1-26-13-5-4-6-14(11-13)27-12-17-21-22-18(24(17)20)29-10-9-23-15-7-2-3-8-16(15)28-19(23)25/h2-8,11H,9-10,12,20H2,1H3. The van der Waals surface area contributed by atoms with Crippen LogP contribution in [0.25, 0.3) is 11.1 Å². The maximum atomic E-state index is 12.0. The zero-order valence-electron chi connectivity index (χ0n) is 15.6. The van der Waals surface area contributed by atoms with Crippen molar-refractivity contribution in [2.24, 2.45) is 0 Å². The minimum atomic E-state index is -0.381. The molecule has 0 unspecified atom stereocenters. The molecule has 0 aliphatic heterocycles. The lowest BCUT2D eigenvalue weighted by molar-refractivity contribution is 0.289. The van der Waals surface area contributed by atoms with Crippen molar-refractivity contribution in [1.82, 2.24) is 19.4 Å². The highest BCUT2D eigenvalue weighted by atomic mass is 32.2. The third kappa shape index (κ3) is 4.06. The Bertz CT molecular complexity index is 1180. The van der Waals surface area contributed by atoms with Crippen molar-refractivity contribution in [3.63, 3.8) is 0 Å². The minimum absolute atomic E-state index is 0.170. The van der Waals surface area contributed by atoms with Crippen LogP contribution in [0.15, 0.2) is 62.9 Å². The molecule has 2 heterocycles. The number of para-hydroxylation sites is 2. The number of aromatic nitrogens is 4. The maximum absolute atomic E-state index is 12.0. The van der Waals surface area contributed by atoms with Gasteiger partial charge in [-0.3, -0.25) is 4.57 Å². The van der Waals surface area contributed by atoms with E-state index in [1.165, 1.54) is 16.4 Å². The lowest BCUT2D eigenvalue weighted by Gasteiger charge is -2.07. The lowest BCUT2D eigenvalue weighted by Crippen LogP contribution is -2.17. The number of benzene rings is 2. The molecule has 4 aromatic rings. The summed E-state index contributed by atoms with van der Waals surface area (Å²) in [5.74, 6) is 8.12. The minimum Gasteiger partial charge on any atom is -0.497 e. The fraction of sp³-hybridized carbons (Fsp3) is 0.211. The van der Waals surface area contributed by atoms with Gasteiger partial charge >= 0.3 is 5.76 Å². The Morgan fingerprint density at radius 1 is 1.14 bits per heavy atom. The first-order valence-corrected chi connectivity index (χ1v) is 9.81. The largest absolute Gasteiger partial charge is 0.497 e. The van der Waals surface area contributed by atoms with E-state index in [4.69, 9.17) is 19.7 Å². The molecule has 0 spiro atoms. The number of oxazole rings is 1. The summed E-state index contributed by atoms with van der Waals surface area (Å²) in [6, 6.07) is 14.6. The molecule has 0 radical (unpaired) electrons. The van der Waals surface area contributed by atoms with E-state index >= 15 is 0 Å². The number of fused-ring (bicyclic) bond motifs is 1. The van der Waals surface area contributed by atoms with Crippen LogP contribution in [0, 0.1) is 0 Å². The quantitative estimate of drug-likeness (QED) is 0.346. The summed E-state index contributed by atoms with van der Waals surface area (Å²) in [7, 11) is 1.60. The van der Waals surface area contributed by atoms with Crippen LogP contribution in [-0.2, 0) is 13.2 Å². The SMILES string of the molecule is COc1cccc(OCc2nnc(SCCn3c(=O)oc4ccccc43)n2N)c1. The van der Waals surface area contributed by atoms with Crippen LogP contribution >= 0.6 is 11.8 Å². The van der Waals surface area contributed by atoms with Gasteiger partial charge in [-0.2, -0.15) is 0 Å². The van der Waals surface area contributed by atoms with Crippen LogP contribution in [-0.4, -0.2) is 32.3 Å². The Kier molecular flexibility index (Phi) is 5.43. The van der Waals surface area contributed by atoms with Gasteiger partial charge in [-0.15, -0.1) is 10.2 Å². The first kappa shape index (κ1) is 18.9. The number of methoxy groups -OCH3 is 1. The average Bonchev–Trinajstić information content (AvgIpc) is 3.26. The topological polar surface area (TPSA) is 110 Å². The third-order valence-electron chi connectivity index (χ3n) is 4.26. The molecule has 0 aliphatic rings. The first-order valence-electron chi connectivity index (χ1n) is 8.83. The van der Waals surface area contributed by atoms with Gasteiger partial charge in [0.1, 0.15) is 18.1 Å². The van der Waals surface area contributed by atoms with Crippen molar-refractivity contribution in [2.45, 2.75) is 18.3 Å². The van der Waals surface area contributed by atoms with E-state index in [0.29, 0.717) is 40.4 Å². The van der Waals surface area contributed by atoms with Crippen LogP contribution in [0.2, 0.25) is 0 Å². The highest BCUT2D eigenvalue weighted by Gasteiger charge is 2.13. The molecular formula is C19H19N5O4S. The molecule has 4 rings (SSSR count). The molecule has 2 N–H and O–H groups in total. The van der Waals surface area contributed by atoms with Gasteiger partial charge in [-0.05, 0) is 24.3 Å². The number of thioether (sulfide) groups is 1. The summed E-state index contributed by atoms with van der Waals surface area (Å²) < 4.78 is 19.1. The molecule has 9 nitrogen and oxygen atoms in total. The summed E-state index contributed by atoms with van der Waals surface area (Å²) in [6.07, 6.45) is 0. The zero-order valence-corrected chi connectivity index (χ0v) is 16.5. The van der Waals surface area contributed by atoms with E-state index in [2.05, 4.69) is 10.2 Å². The predicted octanol–water partition coefficient (Wildman–Crippen LogP) is 2.28. The van der Waals surface area contributed by atoms with Crippen molar-refractivity contribution in [3.8, 4) is 11.5 Å².